The molecule has 5 heteroatoms. The van der Waals surface area contributed by atoms with Gasteiger partial charge in [0.1, 0.15) is 0 Å². The number of hydrogen-bond acceptors (Lipinski definition) is 5. The van der Waals surface area contributed by atoms with Gasteiger partial charge in [0, 0.05) is 36.8 Å². The fraction of sp³-hybridized carbons (Fsp3) is 0.692. The van der Waals surface area contributed by atoms with E-state index in [2.05, 4.69) is 33.2 Å². The molecule has 1 aliphatic heterocycles. The Morgan fingerprint density at radius 3 is 2.83 bits per heavy atom. The van der Waals surface area contributed by atoms with E-state index in [0.717, 1.165) is 49.9 Å². The number of aromatic nitrogens is 2. The summed E-state index contributed by atoms with van der Waals surface area (Å²) in [6, 6.07) is 2.07. The first-order chi connectivity index (χ1) is 8.79. The van der Waals surface area contributed by atoms with Gasteiger partial charge < -0.3 is 10.2 Å². The van der Waals surface area contributed by atoms with Gasteiger partial charge in [-0.2, -0.15) is 11.8 Å². The minimum atomic E-state index is 0.840. The summed E-state index contributed by atoms with van der Waals surface area (Å²) in [4.78, 5) is 11.5. The van der Waals surface area contributed by atoms with E-state index in [1.807, 2.05) is 18.7 Å². The smallest absolute Gasteiger partial charge is 0.225 e. The highest BCUT2D eigenvalue weighted by Crippen LogP contribution is 2.16. The normalized spacial score (nSPS) is 16.0. The molecule has 1 aliphatic rings. The lowest BCUT2D eigenvalue weighted by Crippen LogP contribution is -2.34. The van der Waals surface area contributed by atoms with E-state index in [-0.39, 0.29) is 0 Å². The van der Waals surface area contributed by atoms with Crippen LogP contribution in [0.3, 0.4) is 0 Å². The largest absolute Gasteiger partial charge is 0.339 e. The molecule has 18 heavy (non-hydrogen) atoms. The third kappa shape index (κ3) is 3.85. The summed E-state index contributed by atoms with van der Waals surface area (Å²) in [6.07, 6.45) is 1.15. The zero-order valence-electron chi connectivity index (χ0n) is 11.3. The number of thioether (sulfide) groups is 1. The minimum Gasteiger partial charge on any atom is -0.339 e. The first kappa shape index (κ1) is 13.6. The molecule has 4 nitrogen and oxygen atoms in total. The van der Waals surface area contributed by atoms with Crippen LogP contribution in [0.15, 0.2) is 6.07 Å². The molecule has 2 heterocycles. The van der Waals surface area contributed by atoms with Crippen molar-refractivity contribution in [2.45, 2.75) is 26.8 Å². The van der Waals surface area contributed by atoms with Crippen molar-refractivity contribution >= 4 is 17.7 Å². The van der Waals surface area contributed by atoms with Gasteiger partial charge in [0.05, 0.1) is 5.69 Å². The Morgan fingerprint density at radius 1 is 1.33 bits per heavy atom. The van der Waals surface area contributed by atoms with Gasteiger partial charge in [0.15, 0.2) is 0 Å². The van der Waals surface area contributed by atoms with E-state index < -0.39 is 0 Å². The van der Waals surface area contributed by atoms with E-state index in [1.54, 1.807) is 0 Å². The molecular weight excluding hydrogens is 244 g/mol. The highest BCUT2D eigenvalue weighted by Gasteiger charge is 2.14. The summed E-state index contributed by atoms with van der Waals surface area (Å²) in [7, 11) is 0. The molecule has 1 aromatic heterocycles. The Balaban J connectivity index is 2.05. The van der Waals surface area contributed by atoms with Gasteiger partial charge in [-0.3, -0.25) is 0 Å². The molecule has 0 radical (unpaired) electrons. The van der Waals surface area contributed by atoms with Crippen molar-refractivity contribution in [1.29, 1.82) is 0 Å². The molecule has 1 N–H and O–H groups in total. The monoisotopic (exact) mass is 266 g/mol. The number of nitrogens with zero attached hydrogens (tertiary/aromatic N) is 3. The van der Waals surface area contributed by atoms with Crippen molar-refractivity contribution in [3.8, 4) is 0 Å². The average molecular weight is 266 g/mol. The Labute approximate surface area is 114 Å². The summed E-state index contributed by atoms with van der Waals surface area (Å²) in [5.41, 5.74) is 2.16. The summed E-state index contributed by atoms with van der Waals surface area (Å²) in [6.45, 7) is 8.24. The Morgan fingerprint density at radius 2 is 2.11 bits per heavy atom. The average Bonchev–Trinajstić information content (AvgIpc) is 2.39. The molecule has 0 atom stereocenters. The fourth-order valence-corrected chi connectivity index (χ4v) is 2.91. The summed E-state index contributed by atoms with van der Waals surface area (Å²) >= 11 is 2.01. The molecule has 0 amide bonds. The van der Waals surface area contributed by atoms with Gasteiger partial charge in [0.2, 0.25) is 5.95 Å². The van der Waals surface area contributed by atoms with Crippen LogP contribution in [0.2, 0.25) is 0 Å². The van der Waals surface area contributed by atoms with E-state index >= 15 is 0 Å². The molecule has 1 fully saturated rings. The summed E-state index contributed by atoms with van der Waals surface area (Å²) < 4.78 is 0. The Kier molecular flexibility index (Phi) is 5.26. The minimum absolute atomic E-state index is 0.840. The lowest BCUT2D eigenvalue weighted by atomic mass is 10.3. The van der Waals surface area contributed by atoms with Crippen molar-refractivity contribution in [2.75, 3.05) is 36.0 Å². The second-order valence-corrected chi connectivity index (χ2v) is 5.80. The van der Waals surface area contributed by atoms with Crippen LogP contribution >= 0.6 is 11.8 Å². The number of aryl methyl sites for hydroxylation is 1. The first-order valence-corrected chi connectivity index (χ1v) is 7.83. The molecule has 0 spiro atoms. The third-order valence-electron chi connectivity index (χ3n) is 2.92. The van der Waals surface area contributed by atoms with Crippen LogP contribution in [0.1, 0.15) is 24.7 Å². The van der Waals surface area contributed by atoms with Crippen LogP contribution in [0.25, 0.3) is 0 Å². The molecule has 1 aromatic rings. The SMILES string of the molecule is CCCNCc1cc(C)nc(N2CCSCC2)n1. The maximum absolute atomic E-state index is 4.67. The maximum atomic E-state index is 4.67. The predicted molar refractivity (Wildman–Crippen MR) is 78.3 cm³/mol. The lowest BCUT2D eigenvalue weighted by Gasteiger charge is -2.26. The lowest BCUT2D eigenvalue weighted by molar-refractivity contribution is 0.659. The van der Waals surface area contributed by atoms with E-state index in [4.69, 9.17) is 0 Å². The second kappa shape index (κ2) is 6.95. The highest BCUT2D eigenvalue weighted by atomic mass is 32.2. The Hall–Kier alpha value is -0.810. The van der Waals surface area contributed by atoms with Crippen LogP contribution in [-0.2, 0) is 6.54 Å². The van der Waals surface area contributed by atoms with Crippen LogP contribution in [0, 0.1) is 6.92 Å². The van der Waals surface area contributed by atoms with Gasteiger partial charge >= 0.3 is 0 Å². The quantitative estimate of drug-likeness (QED) is 0.824. The highest BCUT2D eigenvalue weighted by molar-refractivity contribution is 7.99. The van der Waals surface area contributed by atoms with E-state index in [0.29, 0.717) is 0 Å². The van der Waals surface area contributed by atoms with Gasteiger partial charge in [0.25, 0.3) is 0 Å². The molecule has 0 bridgehead atoms. The standard InChI is InChI=1S/C13H22N4S/c1-3-4-14-10-12-9-11(2)15-13(16-12)17-5-7-18-8-6-17/h9,14H,3-8,10H2,1-2H3. The van der Waals surface area contributed by atoms with Gasteiger partial charge in [-0.25, -0.2) is 9.97 Å². The van der Waals surface area contributed by atoms with Crippen LogP contribution in [-0.4, -0.2) is 41.1 Å². The molecule has 100 valence electrons. The van der Waals surface area contributed by atoms with Crippen molar-refractivity contribution < 1.29 is 0 Å². The number of anilines is 1. The Bertz CT molecular complexity index is 377. The zero-order chi connectivity index (χ0) is 12.8. The molecule has 2 rings (SSSR count). The first-order valence-electron chi connectivity index (χ1n) is 6.67. The van der Waals surface area contributed by atoms with Crippen LogP contribution in [0.5, 0.6) is 0 Å². The number of nitrogens with one attached hydrogen (secondary N) is 1. The maximum Gasteiger partial charge on any atom is 0.225 e. The van der Waals surface area contributed by atoms with Crippen molar-refractivity contribution in [3.05, 3.63) is 17.5 Å². The van der Waals surface area contributed by atoms with E-state index in [1.165, 1.54) is 11.5 Å². The van der Waals surface area contributed by atoms with Gasteiger partial charge in [-0.1, -0.05) is 6.92 Å². The molecule has 0 unspecified atom stereocenters. The topological polar surface area (TPSA) is 41.1 Å². The van der Waals surface area contributed by atoms with Crippen molar-refractivity contribution in [3.63, 3.8) is 0 Å². The fourth-order valence-electron chi connectivity index (χ4n) is 2.01. The molecule has 0 aliphatic carbocycles. The zero-order valence-corrected chi connectivity index (χ0v) is 12.1. The van der Waals surface area contributed by atoms with Gasteiger partial charge in [-0.15, -0.1) is 0 Å². The number of hydrogen-bond donors (Lipinski definition) is 1. The van der Waals surface area contributed by atoms with Gasteiger partial charge in [-0.05, 0) is 26.0 Å². The predicted octanol–water partition coefficient (Wildman–Crippen LogP) is 1.84. The molecular formula is C13H22N4S. The number of rotatable bonds is 5. The van der Waals surface area contributed by atoms with E-state index in [9.17, 15) is 0 Å². The van der Waals surface area contributed by atoms with Crippen LogP contribution in [0.4, 0.5) is 5.95 Å². The van der Waals surface area contributed by atoms with Crippen LogP contribution < -0.4 is 10.2 Å². The summed E-state index contributed by atoms with van der Waals surface area (Å²) in [5.74, 6) is 3.27. The third-order valence-corrected chi connectivity index (χ3v) is 3.86. The molecule has 0 saturated carbocycles. The van der Waals surface area contributed by atoms with Crippen molar-refractivity contribution in [1.82, 2.24) is 15.3 Å². The van der Waals surface area contributed by atoms with Crippen molar-refractivity contribution in [2.24, 2.45) is 0 Å². The molecule has 0 aromatic carbocycles. The second-order valence-electron chi connectivity index (χ2n) is 4.58. The summed E-state index contributed by atoms with van der Waals surface area (Å²) in [5, 5.41) is 3.40. The molecule has 1 saturated heterocycles.